The van der Waals surface area contributed by atoms with Gasteiger partial charge < -0.3 is 25.7 Å². The minimum atomic E-state index is -1.18. The van der Waals surface area contributed by atoms with Crippen molar-refractivity contribution < 1.29 is 20.4 Å². The molecule has 0 saturated carbocycles. The summed E-state index contributed by atoms with van der Waals surface area (Å²) in [5, 5.41) is 39.5. The van der Waals surface area contributed by atoms with Crippen LogP contribution in [0.25, 0.3) is 0 Å². The third kappa shape index (κ3) is 1.75. The molecule has 5 heteroatoms. The highest BCUT2D eigenvalue weighted by Gasteiger charge is 2.38. The third-order valence-corrected chi connectivity index (χ3v) is 2.19. The van der Waals surface area contributed by atoms with Crippen molar-refractivity contribution in [2.45, 2.75) is 37.4 Å². The minimum Gasteiger partial charge on any atom is -0.392 e. The number of piperidine rings is 1. The van der Waals surface area contributed by atoms with Crippen molar-refractivity contribution in [3.8, 4) is 0 Å². The second-order valence-electron chi connectivity index (χ2n) is 3.22. The maximum Gasteiger partial charge on any atom is 0.109 e. The van der Waals surface area contributed by atoms with Gasteiger partial charge >= 0.3 is 0 Å². The van der Waals surface area contributed by atoms with Crippen molar-refractivity contribution in [3.63, 3.8) is 0 Å². The van der Waals surface area contributed by atoms with E-state index in [2.05, 4.69) is 5.32 Å². The molecule has 12 heavy (non-hydrogen) atoms. The van der Waals surface area contributed by atoms with Crippen molar-refractivity contribution in [3.05, 3.63) is 0 Å². The van der Waals surface area contributed by atoms with E-state index >= 15 is 0 Å². The van der Waals surface area contributed by atoms with E-state index in [1.807, 2.05) is 0 Å². The van der Waals surface area contributed by atoms with Gasteiger partial charge in [0.25, 0.3) is 0 Å². The zero-order valence-corrected chi connectivity index (χ0v) is 6.88. The zero-order chi connectivity index (χ0) is 9.30. The molecule has 5 nitrogen and oxygen atoms in total. The first-order chi connectivity index (χ1) is 5.54. The summed E-state index contributed by atoms with van der Waals surface area (Å²) in [5.74, 6) is 0. The Morgan fingerprint density at radius 2 is 1.83 bits per heavy atom. The first-order valence-corrected chi connectivity index (χ1v) is 3.99. The quantitative estimate of drug-likeness (QED) is 0.303. The molecule has 0 aromatic rings. The van der Waals surface area contributed by atoms with Crippen LogP contribution in [0.2, 0.25) is 0 Å². The summed E-state index contributed by atoms with van der Waals surface area (Å²) in [4.78, 5) is 0. The number of rotatable bonds is 1. The average molecular weight is 177 g/mol. The summed E-state index contributed by atoms with van der Waals surface area (Å²) < 4.78 is 0. The standard InChI is InChI=1S/C7H15NO4/c1-3(9)5-7(12)6(11)4(10)2-8-5/h3-12H,2H2,1H3/t3-,4-,5+,6+,7+/m0/s1. The Kier molecular flexibility index (Phi) is 3.03. The van der Waals surface area contributed by atoms with Gasteiger partial charge in [0.05, 0.1) is 18.2 Å². The predicted octanol–water partition coefficient (Wildman–Crippen LogP) is -2.58. The molecule has 0 aliphatic carbocycles. The topological polar surface area (TPSA) is 93.0 Å². The van der Waals surface area contributed by atoms with Crippen LogP contribution in [0.15, 0.2) is 0 Å². The van der Waals surface area contributed by atoms with Gasteiger partial charge in [-0.15, -0.1) is 0 Å². The monoisotopic (exact) mass is 177 g/mol. The van der Waals surface area contributed by atoms with Gasteiger partial charge in [0, 0.05) is 6.54 Å². The molecule has 0 bridgehead atoms. The Balaban J connectivity index is 2.58. The number of hydrogen-bond donors (Lipinski definition) is 5. The number of nitrogens with one attached hydrogen (secondary N) is 1. The molecule has 1 aliphatic heterocycles. The first-order valence-electron chi connectivity index (χ1n) is 3.99. The maximum absolute atomic E-state index is 9.35. The van der Waals surface area contributed by atoms with E-state index in [-0.39, 0.29) is 6.54 Å². The molecule has 1 saturated heterocycles. The molecule has 0 amide bonds. The normalized spacial score (nSPS) is 45.8. The SMILES string of the molecule is C[C@H](O)[C@H]1NC[C@H](O)[C@@H](O)[C@@H]1O. The van der Waals surface area contributed by atoms with Gasteiger partial charge in [-0.25, -0.2) is 0 Å². The Hall–Kier alpha value is -0.200. The molecule has 0 unspecified atom stereocenters. The third-order valence-electron chi connectivity index (χ3n) is 2.19. The molecule has 72 valence electrons. The van der Waals surface area contributed by atoms with E-state index in [1.165, 1.54) is 6.92 Å². The summed E-state index contributed by atoms with van der Waals surface area (Å²) >= 11 is 0. The highest BCUT2D eigenvalue weighted by molar-refractivity contribution is 4.94. The van der Waals surface area contributed by atoms with Gasteiger partial charge in [-0.2, -0.15) is 0 Å². The first kappa shape index (κ1) is 9.88. The highest BCUT2D eigenvalue weighted by atomic mass is 16.4. The van der Waals surface area contributed by atoms with Crippen molar-refractivity contribution in [2.75, 3.05) is 6.54 Å². The van der Waals surface area contributed by atoms with Crippen LogP contribution in [0.4, 0.5) is 0 Å². The van der Waals surface area contributed by atoms with Gasteiger partial charge in [0.15, 0.2) is 0 Å². The van der Waals surface area contributed by atoms with E-state index in [0.29, 0.717) is 0 Å². The maximum atomic E-state index is 9.35. The van der Waals surface area contributed by atoms with Gasteiger partial charge in [-0.1, -0.05) is 0 Å². The number of hydrogen-bond acceptors (Lipinski definition) is 5. The van der Waals surface area contributed by atoms with Gasteiger partial charge in [-0.05, 0) is 6.92 Å². The molecule has 5 atom stereocenters. The lowest BCUT2D eigenvalue weighted by Gasteiger charge is -2.37. The Morgan fingerprint density at radius 1 is 1.25 bits per heavy atom. The Morgan fingerprint density at radius 3 is 2.33 bits per heavy atom. The minimum absolute atomic E-state index is 0.188. The lowest BCUT2D eigenvalue weighted by atomic mass is 9.93. The second-order valence-corrected chi connectivity index (χ2v) is 3.22. The van der Waals surface area contributed by atoms with Gasteiger partial charge in [-0.3, -0.25) is 0 Å². The van der Waals surface area contributed by atoms with Crippen LogP contribution in [0.3, 0.4) is 0 Å². The summed E-state index contributed by atoms with van der Waals surface area (Å²) in [6.45, 7) is 1.71. The molecule has 0 spiro atoms. The van der Waals surface area contributed by atoms with E-state index in [9.17, 15) is 10.2 Å². The van der Waals surface area contributed by atoms with E-state index in [4.69, 9.17) is 10.2 Å². The molecule has 0 aromatic heterocycles. The average Bonchev–Trinajstić information content (AvgIpc) is 2.00. The van der Waals surface area contributed by atoms with E-state index < -0.39 is 30.5 Å². The molecule has 0 radical (unpaired) electrons. The van der Waals surface area contributed by atoms with Crippen molar-refractivity contribution in [2.24, 2.45) is 0 Å². The predicted molar refractivity (Wildman–Crippen MR) is 41.5 cm³/mol. The molecule has 1 heterocycles. The smallest absolute Gasteiger partial charge is 0.109 e. The number of aliphatic hydroxyl groups is 4. The highest BCUT2D eigenvalue weighted by Crippen LogP contribution is 2.12. The largest absolute Gasteiger partial charge is 0.392 e. The summed E-state index contributed by atoms with van der Waals surface area (Å²) in [6, 6.07) is -0.566. The van der Waals surface area contributed by atoms with Gasteiger partial charge in [0.1, 0.15) is 12.2 Å². The van der Waals surface area contributed by atoms with Crippen LogP contribution in [0.1, 0.15) is 6.92 Å². The van der Waals surface area contributed by atoms with Crippen molar-refractivity contribution in [1.29, 1.82) is 0 Å². The number of β-amino-alcohol motifs (C(OH)–C–C–N with tert-alkyl or cyclic N) is 1. The molecular weight excluding hydrogens is 162 g/mol. The fraction of sp³-hybridized carbons (Fsp3) is 1.00. The molecule has 5 N–H and O–H groups in total. The van der Waals surface area contributed by atoms with E-state index in [0.717, 1.165) is 0 Å². The molecule has 1 rings (SSSR count). The molecule has 1 fully saturated rings. The lowest BCUT2D eigenvalue weighted by Crippen LogP contribution is -2.62. The molecule has 0 aromatic carbocycles. The van der Waals surface area contributed by atoms with Gasteiger partial charge in [0.2, 0.25) is 0 Å². The van der Waals surface area contributed by atoms with Crippen LogP contribution >= 0.6 is 0 Å². The Bertz CT molecular complexity index is 152. The Labute approximate surface area is 70.6 Å². The van der Waals surface area contributed by atoms with Crippen molar-refractivity contribution >= 4 is 0 Å². The fourth-order valence-electron chi connectivity index (χ4n) is 1.39. The van der Waals surface area contributed by atoms with Crippen LogP contribution in [-0.4, -0.2) is 57.4 Å². The molecular formula is C7H15NO4. The number of aliphatic hydroxyl groups excluding tert-OH is 4. The lowest BCUT2D eigenvalue weighted by molar-refractivity contribution is -0.111. The molecule has 1 aliphatic rings. The fourth-order valence-corrected chi connectivity index (χ4v) is 1.39. The zero-order valence-electron chi connectivity index (χ0n) is 6.88. The summed E-state index contributed by atoms with van der Waals surface area (Å²) in [5.41, 5.74) is 0. The summed E-state index contributed by atoms with van der Waals surface area (Å²) in [7, 11) is 0. The second kappa shape index (κ2) is 3.68. The van der Waals surface area contributed by atoms with Crippen LogP contribution in [0, 0.1) is 0 Å². The van der Waals surface area contributed by atoms with Crippen LogP contribution in [0.5, 0.6) is 0 Å². The van der Waals surface area contributed by atoms with E-state index in [1.54, 1.807) is 0 Å². The van der Waals surface area contributed by atoms with Crippen LogP contribution < -0.4 is 5.32 Å². The summed E-state index contributed by atoms with van der Waals surface area (Å²) in [6.07, 6.45) is -4.00. The van der Waals surface area contributed by atoms with Crippen molar-refractivity contribution in [1.82, 2.24) is 5.32 Å². The van der Waals surface area contributed by atoms with Crippen LogP contribution in [-0.2, 0) is 0 Å².